The maximum Gasteiger partial charge on any atom is 0.437 e. The molecule has 4 rings (SSSR count). The molecule has 2 aromatic heterocycles. The number of thiazole rings is 1. The number of hydrogen-bond donors (Lipinski definition) is 0. The Morgan fingerprint density at radius 2 is 1.91 bits per heavy atom. The number of esters is 1. The van der Waals surface area contributed by atoms with Crippen LogP contribution in [0.15, 0.2) is 63.1 Å². The van der Waals surface area contributed by atoms with Crippen LogP contribution in [-0.2, 0) is 27.5 Å². The van der Waals surface area contributed by atoms with Gasteiger partial charge in [-0.25, -0.2) is 14.2 Å². The molecule has 0 aliphatic carbocycles. The molecule has 0 bridgehead atoms. The third kappa shape index (κ3) is 5.44. The molecule has 0 fully saturated rings. The molecule has 1 amide bonds. The second-order valence-corrected chi connectivity index (χ2v) is 7.98. The average Bonchev–Trinajstić information content (AvgIpc) is 3.45. The Kier molecular flexibility index (Phi) is 7.01. The molecule has 180 valence electrons. The van der Waals surface area contributed by atoms with E-state index < -0.39 is 24.1 Å². The van der Waals surface area contributed by atoms with E-state index in [0.29, 0.717) is 27.8 Å². The zero-order chi connectivity index (χ0) is 24.9. The molecule has 4 aromatic rings. The van der Waals surface area contributed by atoms with Crippen LogP contribution in [0.1, 0.15) is 12.6 Å². The summed E-state index contributed by atoms with van der Waals surface area (Å²) >= 11 is 1.20. The minimum absolute atomic E-state index is 0.0485. The van der Waals surface area contributed by atoms with Gasteiger partial charge in [-0.3, -0.25) is 14.5 Å². The van der Waals surface area contributed by atoms with Crippen molar-refractivity contribution in [1.29, 1.82) is 0 Å². The zero-order valence-corrected chi connectivity index (χ0v) is 19.5. The molecule has 0 spiro atoms. The van der Waals surface area contributed by atoms with Gasteiger partial charge in [0.2, 0.25) is 11.8 Å². The van der Waals surface area contributed by atoms with Crippen molar-refractivity contribution in [3.8, 4) is 17.2 Å². The maximum absolute atomic E-state index is 13.1. The van der Waals surface area contributed by atoms with Crippen LogP contribution >= 0.6 is 11.3 Å². The summed E-state index contributed by atoms with van der Waals surface area (Å²) in [6, 6.07) is 12.2. The number of anilines is 2. The molecule has 0 aliphatic rings. The van der Waals surface area contributed by atoms with Crippen molar-refractivity contribution in [3.05, 3.63) is 76.0 Å². The van der Waals surface area contributed by atoms with Gasteiger partial charge < -0.3 is 13.9 Å². The summed E-state index contributed by atoms with van der Waals surface area (Å²) in [5, 5.41) is 5.98. The van der Waals surface area contributed by atoms with Crippen LogP contribution in [0, 0.1) is 5.82 Å². The Morgan fingerprint density at radius 3 is 2.63 bits per heavy atom. The Bertz CT molecular complexity index is 1410. The minimum Gasteiger partial charge on any atom is -0.495 e. The number of aromatic nitrogens is 3. The van der Waals surface area contributed by atoms with Crippen molar-refractivity contribution in [3.63, 3.8) is 0 Å². The summed E-state index contributed by atoms with van der Waals surface area (Å²) in [5.74, 6) is -1.86. The highest BCUT2D eigenvalue weighted by molar-refractivity contribution is 7.14. The number of ether oxygens (including phenoxy) is 2. The fourth-order valence-electron chi connectivity index (χ4n) is 3.12. The number of methoxy groups -OCH3 is 1. The highest BCUT2D eigenvalue weighted by Gasteiger charge is 2.22. The topological polar surface area (TPSA) is 117 Å². The molecule has 0 N–H and O–H groups in total. The van der Waals surface area contributed by atoms with Gasteiger partial charge in [-0.2, -0.15) is 4.68 Å². The first-order chi connectivity index (χ1) is 16.9. The molecule has 0 saturated heterocycles. The lowest BCUT2D eigenvalue weighted by Crippen LogP contribution is -2.23. The number of rotatable bonds is 8. The molecular formula is C23H19FN4O6S. The first kappa shape index (κ1) is 23.8. The van der Waals surface area contributed by atoms with E-state index in [1.807, 2.05) is 0 Å². The van der Waals surface area contributed by atoms with Crippen LogP contribution in [0.3, 0.4) is 0 Å². The van der Waals surface area contributed by atoms with Gasteiger partial charge in [0.05, 0.1) is 18.5 Å². The second-order valence-electron chi connectivity index (χ2n) is 7.15. The molecule has 0 unspecified atom stereocenters. The van der Waals surface area contributed by atoms with E-state index in [1.54, 1.807) is 29.6 Å². The standard InChI is InChI=1S/C23H19FN4O6S/c1-14(29)28(18-5-3-4-6-19(18)32-2)22-25-17(13-35-22)12-33-20(30)11-27-23(31)34-21(26-27)15-7-9-16(24)10-8-15/h3-10,13H,11-12H2,1-2H3. The average molecular weight is 498 g/mol. The first-order valence-electron chi connectivity index (χ1n) is 10.2. The molecule has 2 aromatic carbocycles. The van der Waals surface area contributed by atoms with Crippen LogP contribution in [0.25, 0.3) is 11.5 Å². The Labute approximate surface area is 202 Å². The molecule has 0 aliphatic heterocycles. The fraction of sp³-hybridized carbons (Fsp3) is 0.174. The van der Waals surface area contributed by atoms with E-state index in [1.165, 1.54) is 54.5 Å². The van der Waals surface area contributed by atoms with E-state index in [2.05, 4.69) is 10.1 Å². The monoisotopic (exact) mass is 498 g/mol. The Hall–Kier alpha value is -4.32. The van der Waals surface area contributed by atoms with Crippen molar-refractivity contribution in [2.24, 2.45) is 0 Å². The molecule has 2 heterocycles. The predicted molar refractivity (Wildman–Crippen MR) is 124 cm³/mol. The van der Waals surface area contributed by atoms with Crippen molar-refractivity contribution in [2.75, 3.05) is 12.0 Å². The van der Waals surface area contributed by atoms with Crippen LogP contribution in [-0.4, -0.2) is 33.8 Å². The van der Waals surface area contributed by atoms with Gasteiger partial charge in [0, 0.05) is 17.9 Å². The van der Waals surface area contributed by atoms with Gasteiger partial charge in [-0.05, 0) is 36.4 Å². The lowest BCUT2D eigenvalue weighted by atomic mass is 10.2. The number of amides is 1. The Balaban J connectivity index is 1.41. The van der Waals surface area contributed by atoms with Crippen LogP contribution < -0.4 is 15.4 Å². The predicted octanol–water partition coefficient (Wildman–Crippen LogP) is 3.54. The van der Waals surface area contributed by atoms with Gasteiger partial charge in [0.1, 0.15) is 24.7 Å². The van der Waals surface area contributed by atoms with Crippen molar-refractivity contribution in [2.45, 2.75) is 20.1 Å². The van der Waals surface area contributed by atoms with Gasteiger partial charge in [-0.1, -0.05) is 12.1 Å². The Morgan fingerprint density at radius 1 is 1.17 bits per heavy atom. The summed E-state index contributed by atoms with van der Waals surface area (Å²) in [6.45, 7) is 0.745. The van der Waals surface area contributed by atoms with Crippen molar-refractivity contribution in [1.82, 2.24) is 14.8 Å². The maximum atomic E-state index is 13.1. The largest absolute Gasteiger partial charge is 0.495 e. The smallest absolute Gasteiger partial charge is 0.437 e. The summed E-state index contributed by atoms with van der Waals surface area (Å²) < 4.78 is 29.5. The first-order valence-corrected chi connectivity index (χ1v) is 11.1. The van der Waals surface area contributed by atoms with Gasteiger partial charge in [0.15, 0.2) is 5.13 Å². The molecule has 0 atom stereocenters. The highest BCUT2D eigenvalue weighted by Crippen LogP contribution is 2.35. The number of benzene rings is 2. The van der Waals surface area contributed by atoms with Gasteiger partial charge in [0.25, 0.3) is 0 Å². The van der Waals surface area contributed by atoms with Gasteiger partial charge >= 0.3 is 11.7 Å². The molecule has 12 heteroatoms. The number of halogens is 1. The van der Waals surface area contributed by atoms with Crippen molar-refractivity contribution < 1.29 is 27.9 Å². The molecule has 10 nitrogen and oxygen atoms in total. The zero-order valence-electron chi connectivity index (χ0n) is 18.6. The van der Waals surface area contributed by atoms with Crippen LogP contribution in [0.4, 0.5) is 15.2 Å². The molecule has 0 saturated carbocycles. The van der Waals surface area contributed by atoms with E-state index in [0.717, 1.165) is 4.68 Å². The second kappa shape index (κ2) is 10.3. The van der Waals surface area contributed by atoms with Gasteiger partial charge in [-0.15, -0.1) is 16.4 Å². The normalized spacial score (nSPS) is 10.7. The lowest BCUT2D eigenvalue weighted by Gasteiger charge is -2.20. The van der Waals surface area contributed by atoms with E-state index in [-0.39, 0.29) is 18.4 Å². The highest BCUT2D eigenvalue weighted by atomic mass is 32.1. The van der Waals surface area contributed by atoms with Crippen LogP contribution in [0.2, 0.25) is 0 Å². The third-order valence-corrected chi connectivity index (χ3v) is 5.60. The summed E-state index contributed by atoms with van der Waals surface area (Å²) in [4.78, 5) is 42.4. The molecule has 35 heavy (non-hydrogen) atoms. The van der Waals surface area contributed by atoms with E-state index >= 15 is 0 Å². The van der Waals surface area contributed by atoms with E-state index in [9.17, 15) is 18.8 Å². The molecular weight excluding hydrogens is 479 g/mol. The molecule has 0 radical (unpaired) electrons. The summed E-state index contributed by atoms with van der Waals surface area (Å²) in [5.41, 5.74) is 1.33. The number of carbonyl (C=O) groups is 2. The lowest BCUT2D eigenvalue weighted by molar-refractivity contribution is -0.146. The summed E-state index contributed by atoms with van der Waals surface area (Å²) in [7, 11) is 1.51. The van der Waals surface area contributed by atoms with Crippen molar-refractivity contribution >= 4 is 34.0 Å². The quantitative estimate of drug-likeness (QED) is 0.339. The number of carbonyl (C=O) groups excluding carboxylic acids is 2. The summed E-state index contributed by atoms with van der Waals surface area (Å²) in [6.07, 6.45) is 0. The fourth-order valence-corrected chi connectivity index (χ4v) is 3.99. The van der Waals surface area contributed by atoms with Crippen LogP contribution in [0.5, 0.6) is 5.75 Å². The van der Waals surface area contributed by atoms with E-state index in [4.69, 9.17) is 13.9 Å². The number of para-hydroxylation sites is 2. The SMILES string of the molecule is COc1ccccc1N(C(C)=O)c1nc(COC(=O)Cn2nc(-c3ccc(F)cc3)oc2=O)cs1. The third-order valence-electron chi connectivity index (χ3n) is 4.73. The number of nitrogens with zero attached hydrogens (tertiary/aromatic N) is 4. The number of hydrogen-bond acceptors (Lipinski definition) is 9. The minimum atomic E-state index is -0.855.